The fraction of sp³-hybridized carbons (Fsp3) is 0.222. The molecule has 0 aliphatic rings. The van der Waals surface area contributed by atoms with Crippen LogP contribution < -0.4 is 5.73 Å². The Hall–Kier alpha value is -1.13. The number of thiophene rings is 1. The van der Waals surface area contributed by atoms with Gasteiger partial charge in [-0.1, -0.05) is 6.07 Å². The molecule has 0 saturated heterocycles. The first-order valence-corrected chi connectivity index (χ1v) is 4.79. The van der Waals surface area contributed by atoms with Crippen molar-refractivity contribution in [1.29, 1.82) is 0 Å². The van der Waals surface area contributed by atoms with Crippen LogP contribution in [0.15, 0.2) is 23.6 Å². The number of nitrogens with two attached hydrogens (primary N) is 1. The molecule has 0 aliphatic heterocycles. The Morgan fingerprint density at radius 3 is 3.15 bits per heavy atom. The average Bonchev–Trinajstić information content (AvgIpc) is 2.64. The average molecular weight is 197 g/mol. The zero-order valence-corrected chi connectivity index (χ0v) is 7.92. The topological polar surface area (TPSA) is 52.3 Å². The minimum absolute atomic E-state index is 0.271. The Kier molecular flexibility index (Phi) is 4.21. The summed E-state index contributed by atoms with van der Waals surface area (Å²) in [6.07, 6.45) is 3.13. The molecule has 4 heteroatoms. The molecule has 0 saturated carbocycles. The van der Waals surface area contributed by atoms with Gasteiger partial charge in [-0.3, -0.25) is 0 Å². The van der Waals surface area contributed by atoms with Crippen LogP contribution in [0.3, 0.4) is 0 Å². The molecule has 0 aliphatic carbocycles. The van der Waals surface area contributed by atoms with Crippen LogP contribution in [0.25, 0.3) is 6.08 Å². The van der Waals surface area contributed by atoms with Gasteiger partial charge in [-0.15, -0.1) is 11.3 Å². The largest absolute Gasteiger partial charge is 0.461 e. The van der Waals surface area contributed by atoms with Crippen LogP contribution >= 0.6 is 11.3 Å². The SMILES string of the molecule is NCCOC(=O)/C=C/c1cccs1. The highest BCUT2D eigenvalue weighted by atomic mass is 32.1. The fourth-order valence-corrected chi connectivity index (χ4v) is 1.36. The molecule has 0 amide bonds. The summed E-state index contributed by atoms with van der Waals surface area (Å²) in [6, 6.07) is 3.85. The third-order valence-corrected chi connectivity index (χ3v) is 2.13. The van der Waals surface area contributed by atoms with Gasteiger partial charge >= 0.3 is 5.97 Å². The molecule has 0 fully saturated rings. The number of ether oxygens (including phenoxy) is 1. The summed E-state index contributed by atoms with van der Waals surface area (Å²) >= 11 is 1.57. The highest BCUT2D eigenvalue weighted by Gasteiger charge is 1.94. The van der Waals surface area contributed by atoms with Crippen molar-refractivity contribution in [3.05, 3.63) is 28.5 Å². The van der Waals surface area contributed by atoms with Gasteiger partial charge in [0.2, 0.25) is 0 Å². The first-order valence-electron chi connectivity index (χ1n) is 3.91. The Morgan fingerprint density at radius 2 is 2.54 bits per heavy atom. The van der Waals surface area contributed by atoms with E-state index in [0.717, 1.165) is 4.88 Å². The standard InChI is InChI=1S/C9H11NO2S/c10-5-6-12-9(11)4-3-8-2-1-7-13-8/h1-4,7H,5-6,10H2/b4-3+. The molecule has 1 aromatic heterocycles. The third kappa shape index (κ3) is 3.87. The molecule has 0 radical (unpaired) electrons. The summed E-state index contributed by atoms with van der Waals surface area (Å²) in [5, 5.41) is 1.95. The molecular weight excluding hydrogens is 186 g/mol. The summed E-state index contributed by atoms with van der Waals surface area (Å²) in [6.45, 7) is 0.631. The van der Waals surface area contributed by atoms with Gasteiger partial charge in [-0.25, -0.2) is 4.79 Å². The predicted molar refractivity (Wildman–Crippen MR) is 53.4 cm³/mol. The van der Waals surface area contributed by atoms with Crippen molar-refractivity contribution in [3.63, 3.8) is 0 Å². The lowest BCUT2D eigenvalue weighted by molar-refractivity contribution is -0.137. The zero-order valence-electron chi connectivity index (χ0n) is 7.10. The second-order valence-electron chi connectivity index (χ2n) is 2.30. The van der Waals surface area contributed by atoms with Crippen LogP contribution in [0.2, 0.25) is 0 Å². The van der Waals surface area contributed by atoms with E-state index in [2.05, 4.69) is 0 Å². The number of rotatable bonds is 4. The van der Waals surface area contributed by atoms with E-state index in [1.807, 2.05) is 17.5 Å². The summed E-state index contributed by atoms with van der Waals surface area (Å²) < 4.78 is 4.74. The maximum Gasteiger partial charge on any atom is 0.330 e. The maximum absolute atomic E-state index is 10.9. The van der Waals surface area contributed by atoms with Crippen molar-refractivity contribution in [2.75, 3.05) is 13.2 Å². The minimum Gasteiger partial charge on any atom is -0.461 e. The van der Waals surface area contributed by atoms with Gasteiger partial charge < -0.3 is 10.5 Å². The van der Waals surface area contributed by atoms with Crippen LogP contribution in [-0.4, -0.2) is 19.1 Å². The number of hydrogen-bond donors (Lipinski definition) is 1. The van der Waals surface area contributed by atoms with Crippen molar-refractivity contribution in [3.8, 4) is 0 Å². The molecule has 1 heterocycles. The first-order chi connectivity index (χ1) is 6.33. The molecule has 13 heavy (non-hydrogen) atoms. The third-order valence-electron chi connectivity index (χ3n) is 1.29. The number of carbonyl (C=O) groups is 1. The Labute approximate surface area is 80.8 Å². The summed E-state index contributed by atoms with van der Waals surface area (Å²) in [7, 11) is 0. The minimum atomic E-state index is -0.348. The molecule has 0 bridgehead atoms. The van der Waals surface area contributed by atoms with Crippen molar-refractivity contribution < 1.29 is 9.53 Å². The van der Waals surface area contributed by atoms with Gasteiger partial charge in [0.25, 0.3) is 0 Å². The Morgan fingerprint density at radius 1 is 1.69 bits per heavy atom. The monoisotopic (exact) mass is 197 g/mol. The molecule has 1 rings (SSSR count). The molecule has 2 N–H and O–H groups in total. The van der Waals surface area contributed by atoms with Crippen molar-refractivity contribution in [2.45, 2.75) is 0 Å². The highest BCUT2D eigenvalue weighted by molar-refractivity contribution is 7.10. The van der Waals surface area contributed by atoms with Gasteiger partial charge in [0.1, 0.15) is 6.61 Å². The molecule has 1 aromatic rings. The number of esters is 1. The van der Waals surface area contributed by atoms with Gasteiger partial charge in [0, 0.05) is 17.5 Å². The lowest BCUT2D eigenvalue weighted by atomic mass is 10.4. The van der Waals surface area contributed by atoms with Crippen LogP contribution in [-0.2, 0) is 9.53 Å². The smallest absolute Gasteiger partial charge is 0.330 e. The van der Waals surface area contributed by atoms with Crippen LogP contribution in [0.4, 0.5) is 0 Å². The quantitative estimate of drug-likeness (QED) is 0.584. The van der Waals surface area contributed by atoms with Crippen LogP contribution in [0.1, 0.15) is 4.88 Å². The first kappa shape index (κ1) is 9.95. The predicted octanol–water partition coefficient (Wildman–Crippen LogP) is 1.26. The molecular formula is C9H11NO2S. The second-order valence-corrected chi connectivity index (χ2v) is 3.28. The van der Waals surface area contributed by atoms with E-state index in [1.165, 1.54) is 6.08 Å². The fourth-order valence-electron chi connectivity index (χ4n) is 0.744. The van der Waals surface area contributed by atoms with E-state index in [9.17, 15) is 4.79 Å². The number of hydrogen-bond acceptors (Lipinski definition) is 4. The lowest BCUT2D eigenvalue weighted by Gasteiger charge is -1.96. The van der Waals surface area contributed by atoms with Gasteiger partial charge in [0.15, 0.2) is 0 Å². The van der Waals surface area contributed by atoms with E-state index in [0.29, 0.717) is 6.54 Å². The van der Waals surface area contributed by atoms with E-state index < -0.39 is 0 Å². The molecule has 0 spiro atoms. The Balaban J connectivity index is 2.35. The van der Waals surface area contributed by atoms with E-state index >= 15 is 0 Å². The molecule has 3 nitrogen and oxygen atoms in total. The molecule has 0 unspecified atom stereocenters. The molecule has 0 aromatic carbocycles. The molecule has 0 atom stereocenters. The van der Waals surface area contributed by atoms with Gasteiger partial charge in [0.05, 0.1) is 0 Å². The molecule has 70 valence electrons. The van der Waals surface area contributed by atoms with E-state index in [-0.39, 0.29) is 12.6 Å². The summed E-state index contributed by atoms with van der Waals surface area (Å²) in [4.78, 5) is 12.0. The Bertz CT molecular complexity index is 280. The second kappa shape index (κ2) is 5.50. The summed E-state index contributed by atoms with van der Waals surface area (Å²) in [5.41, 5.74) is 5.17. The highest BCUT2D eigenvalue weighted by Crippen LogP contribution is 2.09. The van der Waals surface area contributed by atoms with Gasteiger partial charge in [-0.05, 0) is 17.5 Å². The summed E-state index contributed by atoms with van der Waals surface area (Å²) in [5.74, 6) is -0.348. The zero-order chi connectivity index (χ0) is 9.52. The van der Waals surface area contributed by atoms with E-state index in [4.69, 9.17) is 10.5 Å². The van der Waals surface area contributed by atoms with Crippen LogP contribution in [0.5, 0.6) is 0 Å². The number of carbonyl (C=O) groups excluding carboxylic acids is 1. The van der Waals surface area contributed by atoms with Crippen molar-refractivity contribution >= 4 is 23.4 Å². The maximum atomic E-state index is 10.9. The van der Waals surface area contributed by atoms with Crippen LogP contribution in [0, 0.1) is 0 Å². The van der Waals surface area contributed by atoms with E-state index in [1.54, 1.807) is 17.4 Å². The lowest BCUT2D eigenvalue weighted by Crippen LogP contribution is -2.11. The van der Waals surface area contributed by atoms with Gasteiger partial charge in [-0.2, -0.15) is 0 Å². The van der Waals surface area contributed by atoms with Crippen molar-refractivity contribution in [1.82, 2.24) is 0 Å². The normalized spacial score (nSPS) is 10.5. The van der Waals surface area contributed by atoms with Crippen molar-refractivity contribution in [2.24, 2.45) is 5.73 Å².